The topological polar surface area (TPSA) is 132 Å². The minimum Gasteiger partial charge on any atom is -0.480 e. The van der Waals surface area contributed by atoms with Crippen LogP contribution in [0.1, 0.15) is 30.1 Å². The molecule has 28 heavy (non-hydrogen) atoms. The van der Waals surface area contributed by atoms with Crippen LogP contribution in [0.2, 0.25) is 0 Å². The number of pyridine rings is 2. The van der Waals surface area contributed by atoms with E-state index in [1.165, 1.54) is 25.4 Å². The van der Waals surface area contributed by atoms with E-state index in [2.05, 4.69) is 15.3 Å². The van der Waals surface area contributed by atoms with Crippen LogP contribution in [-0.2, 0) is 9.59 Å². The van der Waals surface area contributed by atoms with Crippen molar-refractivity contribution in [2.24, 2.45) is 0 Å². The molecule has 3 atom stereocenters. The number of para-hydroxylation sites is 1. The lowest BCUT2D eigenvalue weighted by Crippen LogP contribution is -2.46. The molecule has 2 heterocycles. The highest BCUT2D eigenvalue weighted by atomic mass is 16.4. The number of nitrogens with zero attached hydrogens (tertiary/aromatic N) is 1. The van der Waals surface area contributed by atoms with Gasteiger partial charge >= 0.3 is 5.97 Å². The maximum atomic E-state index is 12.6. The molecule has 0 bridgehead atoms. The number of amides is 1. The zero-order valence-electron chi connectivity index (χ0n) is 15.0. The molecular weight excluding hydrogens is 362 g/mol. The molecule has 1 aromatic carbocycles. The Labute approximate surface area is 159 Å². The number of fused-ring (bicyclic) bond motifs is 1. The number of carbonyl (C=O) groups excluding carboxylic acids is 1. The summed E-state index contributed by atoms with van der Waals surface area (Å²) in [5.41, 5.74) is 0.669. The van der Waals surface area contributed by atoms with Gasteiger partial charge in [-0.15, -0.1) is 0 Å². The number of aliphatic hydroxyl groups excluding tert-OH is 1. The van der Waals surface area contributed by atoms with E-state index >= 15 is 0 Å². The van der Waals surface area contributed by atoms with Gasteiger partial charge in [-0.25, -0.2) is 4.79 Å². The van der Waals surface area contributed by atoms with Gasteiger partial charge in [0.15, 0.2) is 6.04 Å². The number of nitrogens with one attached hydrogen (secondary N) is 2. The molecule has 3 aromatic rings. The zero-order chi connectivity index (χ0) is 20.3. The van der Waals surface area contributed by atoms with Crippen molar-refractivity contribution in [1.29, 1.82) is 0 Å². The number of carboxylic acids is 1. The molecule has 0 aliphatic heterocycles. The number of carboxylic acid groups (broad SMARTS) is 1. The maximum absolute atomic E-state index is 12.6. The highest BCUT2D eigenvalue weighted by Gasteiger charge is 2.32. The number of carbonyl (C=O) groups is 2. The fraction of sp³-hybridized carbons (Fsp3) is 0.200. The van der Waals surface area contributed by atoms with E-state index in [0.717, 1.165) is 5.39 Å². The van der Waals surface area contributed by atoms with Crippen molar-refractivity contribution in [3.63, 3.8) is 0 Å². The van der Waals surface area contributed by atoms with Crippen LogP contribution in [0.4, 0.5) is 0 Å². The van der Waals surface area contributed by atoms with Crippen molar-refractivity contribution in [3.05, 3.63) is 76.3 Å². The first-order valence-corrected chi connectivity index (χ1v) is 8.61. The number of aromatic amines is 1. The van der Waals surface area contributed by atoms with Gasteiger partial charge in [-0.3, -0.25) is 14.6 Å². The molecule has 4 N–H and O–H groups in total. The molecule has 3 rings (SSSR count). The van der Waals surface area contributed by atoms with Gasteiger partial charge in [-0.1, -0.05) is 24.3 Å². The zero-order valence-corrected chi connectivity index (χ0v) is 15.0. The molecule has 0 saturated heterocycles. The number of H-pyrrole nitrogens is 1. The summed E-state index contributed by atoms with van der Waals surface area (Å²) in [5, 5.41) is 22.9. The molecule has 0 spiro atoms. The molecule has 8 heteroatoms. The molecule has 0 radical (unpaired) electrons. The Hall–Kier alpha value is -3.52. The predicted molar refractivity (Wildman–Crippen MR) is 102 cm³/mol. The van der Waals surface area contributed by atoms with Crippen LogP contribution in [0.3, 0.4) is 0 Å². The van der Waals surface area contributed by atoms with E-state index in [4.69, 9.17) is 0 Å². The predicted octanol–water partition coefficient (Wildman–Crippen LogP) is 1.33. The maximum Gasteiger partial charge on any atom is 0.329 e. The Morgan fingerprint density at radius 2 is 1.93 bits per heavy atom. The second-order valence-corrected chi connectivity index (χ2v) is 6.42. The third-order valence-corrected chi connectivity index (χ3v) is 4.55. The lowest BCUT2D eigenvalue weighted by Gasteiger charge is -2.22. The molecule has 0 aliphatic rings. The largest absolute Gasteiger partial charge is 0.480 e. The molecule has 144 valence electrons. The first kappa shape index (κ1) is 19.2. The van der Waals surface area contributed by atoms with Gasteiger partial charge in [0.05, 0.1) is 5.92 Å². The Morgan fingerprint density at radius 3 is 2.61 bits per heavy atom. The number of benzene rings is 1. The first-order chi connectivity index (χ1) is 13.4. The van der Waals surface area contributed by atoms with Gasteiger partial charge in [0.1, 0.15) is 6.10 Å². The van der Waals surface area contributed by atoms with Gasteiger partial charge in [0.25, 0.3) is 5.56 Å². The van der Waals surface area contributed by atoms with Crippen molar-refractivity contribution >= 4 is 22.8 Å². The van der Waals surface area contributed by atoms with Crippen LogP contribution in [0.5, 0.6) is 0 Å². The molecule has 2 aromatic heterocycles. The lowest BCUT2D eigenvalue weighted by atomic mass is 9.98. The standard InChI is InChI=1S/C20H19N3O5/c1-11(14-9-12-5-2-3-7-15(12)22-19(14)26)18(25)23-16(20(27)28)17(24)13-6-4-8-21-10-13/h2-11,16-17,24H,1H3,(H,22,26)(H,23,25)(H,27,28). The minimum absolute atomic E-state index is 0.205. The number of aliphatic hydroxyl groups is 1. The Balaban J connectivity index is 1.85. The van der Waals surface area contributed by atoms with Gasteiger partial charge in [-0.05, 0) is 30.5 Å². The summed E-state index contributed by atoms with van der Waals surface area (Å²) in [6.45, 7) is 1.50. The summed E-state index contributed by atoms with van der Waals surface area (Å²) in [6.07, 6.45) is 1.32. The SMILES string of the molecule is CC(C(=O)NC(C(=O)O)C(O)c1cccnc1)c1cc2ccccc2[nH]c1=O. The summed E-state index contributed by atoms with van der Waals surface area (Å²) in [7, 11) is 0. The van der Waals surface area contributed by atoms with Gasteiger partial charge in [0, 0.05) is 29.0 Å². The number of aliphatic carboxylic acids is 1. The number of hydrogen-bond acceptors (Lipinski definition) is 5. The van der Waals surface area contributed by atoms with Gasteiger partial charge in [-0.2, -0.15) is 0 Å². The highest BCUT2D eigenvalue weighted by molar-refractivity contribution is 5.89. The third-order valence-electron chi connectivity index (χ3n) is 4.55. The van der Waals surface area contributed by atoms with E-state index in [1.54, 1.807) is 36.4 Å². The Morgan fingerprint density at radius 1 is 1.18 bits per heavy atom. The van der Waals surface area contributed by atoms with Crippen LogP contribution in [0, 0.1) is 0 Å². The molecular formula is C20H19N3O5. The van der Waals surface area contributed by atoms with Crippen LogP contribution in [-0.4, -0.2) is 38.1 Å². The molecule has 0 fully saturated rings. The fourth-order valence-corrected chi connectivity index (χ4v) is 2.92. The smallest absolute Gasteiger partial charge is 0.329 e. The summed E-state index contributed by atoms with van der Waals surface area (Å²) >= 11 is 0. The van der Waals surface area contributed by atoms with Crippen molar-refractivity contribution in [2.45, 2.75) is 25.0 Å². The van der Waals surface area contributed by atoms with Crippen molar-refractivity contribution in [2.75, 3.05) is 0 Å². The van der Waals surface area contributed by atoms with Crippen molar-refractivity contribution in [3.8, 4) is 0 Å². The second kappa shape index (κ2) is 8.01. The fourth-order valence-electron chi connectivity index (χ4n) is 2.92. The normalized spacial score (nSPS) is 14.2. The molecule has 1 amide bonds. The van der Waals surface area contributed by atoms with Crippen LogP contribution in [0.15, 0.2) is 59.7 Å². The summed E-state index contributed by atoms with van der Waals surface area (Å²) in [6, 6.07) is 10.2. The van der Waals surface area contributed by atoms with Crippen LogP contribution >= 0.6 is 0 Å². The van der Waals surface area contributed by atoms with Gasteiger partial charge in [0.2, 0.25) is 5.91 Å². The van der Waals surface area contributed by atoms with Crippen molar-refractivity contribution in [1.82, 2.24) is 15.3 Å². The summed E-state index contributed by atoms with van der Waals surface area (Å²) < 4.78 is 0. The first-order valence-electron chi connectivity index (χ1n) is 8.61. The molecule has 3 unspecified atom stereocenters. The Bertz CT molecular complexity index is 1060. The third kappa shape index (κ3) is 3.91. The van der Waals surface area contributed by atoms with Crippen LogP contribution in [0.25, 0.3) is 10.9 Å². The van der Waals surface area contributed by atoms with E-state index in [1.807, 2.05) is 0 Å². The second-order valence-electron chi connectivity index (χ2n) is 6.42. The van der Waals surface area contributed by atoms with E-state index < -0.39 is 35.5 Å². The quantitative estimate of drug-likeness (QED) is 0.509. The minimum atomic E-state index is -1.58. The van der Waals surface area contributed by atoms with E-state index in [-0.39, 0.29) is 11.1 Å². The lowest BCUT2D eigenvalue weighted by molar-refractivity contribution is -0.145. The summed E-state index contributed by atoms with van der Waals surface area (Å²) in [4.78, 5) is 43.1. The van der Waals surface area contributed by atoms with Crippen molar-refractivity contribution < 1.29 is 19.8 Å². The Kier molecular flexibility index (Phi) is 5.51. The van der Waals surface area contributed by atoms with E-state index in [9.17, 15) is 24.6 Å². The highest BCUT2D eigenvalue weighted by Crippen LogP contribution is 2.20. The van der Waals surface area contributed by atoms with Gasteiger partial charge < -0.3 is 20.5 Å². The average Bonchev–Trinajstić information content (AvgIpc) is 2.70. The molecule has 0 saturated carbocycles. The molecule has 0 aliphatic carbocycles. The summed E-state index contributed by atoms with van der Waals surface area (Å²) in [5.74, 6) is -3.00. The number of rotatable bonds is 6. The monoisotopic (exact) mass is 381 g/mol. The number of aromatic nitrogens is 2. The van der Waals surface area contributed by atoms with Crippen LogP contribution < -0.4 is 10.9 Å². The van der Waals surface area contributed by atoms with E-state index in [0.29, 0.717) is 5.52 Å². The number of hydrogen-bond donors (Lipinski definition) is 4. The molecule has 8 nitrogen and oxygen atoms in total. The average molecular weight is 381 g/mol.